The van der Waals surface area contributed by atoms with Gasteiger partial charge in [-0.3, -0.25) is 0 Å². The van der Waals surface area contributed by atoms with Crippen molar-refractivity contribution in [2.45, 2.75) is 6.92 Å². The van der Waals surface area contributed by atoms with Crippen LogP contribution < -0.4 is 5.73 Å². The van der Waals surface area contributed by atoms with Crippen molar-refractivity contribution in [2.24, 2.45) is 5.73 Å². The number of rotatable bonds is 3. The second kappa shape index (κ2) is 5.07. The summed E-state index contributed by atoms with van der Waals surface area (Å²) in [7, 11) is 0. The SMILES string of the molecule is CCOC(=O)c1ccc(/C=C/N)cc1. The Balaban J connectivity index is 2.77. The molecule has 74 valence electrons. The van der Waals surface area contributed by atoms with Crippen molar-refractivity contribution in [1.29, 1.82) is 0 Å². The van der Waals surface area contributed by atoms with Crippen LogP contribution in [0.5, 0.6) is 0 Å². The van der Waals surface area contributed by atoms with Crippen LogP contribution in [0.2, 0.25) is 0 Å². The Morgan fingerprint density at radius 1 is 1.43 bits per heavy atom. The molecule has 0 fully saturated rings. The molecule has 0 saturated heterocycles. The molecule has 0 unspecified atom stereocenters. The van der Waals surface area contributed by atoms with Crippen molar-refractivity contribution in [3.8, 4) is 0 Å². The molecular formula is C11H13NO2. The van der Waals surface area contributed by atoms with E-state index >= 15 is 0 Å². The molecule has 0 atom stereocenters. The normalized spacial score (nSPS) is 10.4. The van der Waals surface area contributed by atoms with E-state index in [0.717, 1.165) is 5.56 Å². The number of carbonyl (C=O) groups is 1. The average molecular weight is 191 g/mol. The largest absolute Gasteiger partial charge is 0.462 e. The number of hydrogen-bond donors (Lipinski definition) is 1. The molecular weight excluding hydrogens is 178 g/mol. The lowest BCUT2D eigenvalue weighted by molar-refractivity contribution is 0.0526. The van der Waals surface area contributed by atoms with Crippen LogP contribution in [0.3, 0.4) is 0 Å². The highest BCUT2D eigenvalue weighted by Crippen LogP contribution is 2.06. The van der Waals surface area contributed by atoms with Crippen molar-refractivity contribution < 1.29 is 9.53 Å². The van der Waals surface area contributed by atoms with Crippen molar-refractivity contribution in [3.05, 3.63) is 41.6 Å². The average Bonchev–Trinajstić information content (AvgIpc) is 2.20. The molecule has 0 radical (unpaired) electrons. The van der Waals surface area contributed by atoms with E-state index in [0.29, 0.717) is 12.2 Å². The summed E-state index contributed by atoms with van der Waals surface area (Å²) in [5.74, 6) is -0.296. The van der Waals surface area contributed by atoms with Gasteiger partial charge in [-0.05, 0) is 36.9 Å². The third kappa shape index (κ3) is 2.62. The smallest absolute Gasteiger partial charge is 0.338 e. The van der Waals surface area contributed by atoms with E-state index in [1.165, 1.54) is 6.20 Å². The van der Waals surface area contributed by atoms with Gasteiger partial charge in [0.25, 0.3) is 0 Å². The molecule has 0 aromatic heterocycles. The van der Waals surface area contributed by atoms with Gasteiger partial charge in [-0.15, -0.1) is 0 Å². The zero-order chi connectivity index (χ0) is 10.4. The molecule has 3 heteroatoms. The van der Waals surface area contributed by atoms with Gasteiger partial charge in [-0.1, -0.05) is 12.1 Å². The van der Waals surface area contributed by atoms with E-state index in [4.69, 9.17) is 10.5 Å². The van der Waals surface area contributed by atoms with Crippen LogP contribution in [0.25, 0.3) is 6.08 Å². The summed E-state index contributed by atoms with van der Waals surface area (Å²) in [4.78, 5) is 11.2. The van der Waals surface area contributed by atoms with Crippen molar-refractivity contribution in [2.75, 3.05) is 6.61 Å². The maximum atomic E-state index is 11.2. The molecule has 1 aromatic carbocycles. The molecule has 0 spiro atoms. The van der Waals surface area contributed by atoms with Crippen molar-refractivity contribution >= 4 is 12.0 Å². The predicted molar refractivity (Wildman–Crippen MR) is 55.6 cm³/mol. The maximum absolute atomic E-state index is 11.2. The van der Waals surface area contributed by atoms with Gasteiger partial charge < -0.3 is 10.5 Å². The minimum Gasteiger partial charge on any atom is -0.462 e. The highest BCUT2D eigenvalue weighted by atomic mass is 16.5. The predicted octanol–water partition coefficient (Wildman–Crippen LogP) is 1.79. The fourth-order valence-corrected chi connectivity index (χ4v) is 1.06. The number of benzene rings is 1. The summed E-state index contributed by atoms with van der Waals surface area (Å²) in [6, 6.07) is 7.06. The molecule has 3 nitrogen and oxygen atoms in total. The monoisotopic (exact) mass is 191 g/mol. The van der Waals surface area contributed by atoms with Gasteiger partial charge in [0.05, 0.1) is 12.2 Å². The Morgan fingerprint density at radius 3 is 2.57 bits per heavy atom. The number of esters is 1. The maximum Gasteiger partial charge on any atom is 0.338 e. The minimum atomic E-state index is -0.296. The Bertz CT molecular complexity index is 328. The van der Waals surface area contributed by atoms with Crippen LogP contribution in [0.15, 0.2) is 30.5 Å². The summed E-state index contributed by atoms with van der Waals surface area (Å²) in [5.41, 5.74) is 6.75. The molecule has 0 saturated carbocycles. The molecule has 2 N–H and O–H groups in total. The van der Waals surface area contributed by atoms with Crippen LogP contribution in [0.4, 0.5) is 0 Å². The van der Waals surface area contributed by atoms with Gasteiger partial charge in [0.2, 0.25) is 0 Å². The first-order chi connectivity index (χ1) is 6.77. The first kappa shape index (κ1) is 10.3. The summed E-state index contributed by atoms with van der Waals surface area (Å²) in [6.07, 6.45) is 3.22. The van der Waals surface area contributed by atoms with Gasteiger partial charge in [0.1, 0.15) is 0 Å². The number of carbonyl (C=O) groups excluding carboxylic acids is 1. The molecule has 0 heterocycles. The minimum absolute atomic E-state index is 0.296. The lowest BCUT2D eigenvalue weighted by Gasteiger charge is -2.01. The summed E-state index contributed by atoms with van der Waals surface area (Å²) < 4.78 is 4.85. The highest BCUT2D eigenvalue weighted by Gasteiger charge is 2.04. The third-order valence-electron chi connectivity index (χ3n) is 1.71. The second-order valence-corrected chi connectivity index (χ2v) is 2.70. The Morgan fingerprint density at radius 2 is 2.07 bits per heavy atom. The van der Waals surface area contributed by atoms with Crippen LogP contribution in [-0.2, 0) is 4.74 Å². The molecule has 0 aliphatic rings. The number of hydrogen-bond acceptors (Lipinski definition) is 3. The highest BCUT2D eigenvalue weighted by molar-refractivity contribution is 5.89. The van der Waals surface area contributed by atoms with Gasteiger partial charge in [-0.25, -0.2) is 4.79 Å². The van der Waals surface area contributed by atoms with Gasteiger partial charge >= 0.3 is 5.97 Å². The van der Waals surface area contributed by atoms with Gasteiger partial charge in [0.15, 0.2) is 0 Å². The quantitative estimate of drug-likeness (QED) is 0.741. The van der Waals surface area contributed by atoms with E-state index in [1.54, 1.807) is 25.1 Å². The number of ether oxygens (including phenoxy) is 1. The summed E-state index contributed by atoms with van der Waals surface area (Å²) in [6.45, 7) is 2.17. The van der Waals surface area contributed by atoms with Crippen molar-refractivity contribution in [1.82, 2.24) is 0 Å². The molecule has 1 rings (SSSR count). The van der Waals surface area contributed by atoms with E-state index in [-0.39, 0.29) is 5.97 Å². The van der Waals surface area contributed by atoms with Crippen LogP contribution in [0.1, 0.15) is 22.8 Å². The van der Waals surface area contributed by atoms with Crippen LogP contribution in [-0.4, -0.2) is 12.6 Å². The van der Waals surface area contributed by atoms with Crippen molar-refractivity contribution in [3.63, 3.8) is 0 Å². The Kier molecular flexibility index (Phi) is 3.73. The zero-order valence-electron chi connectivity index (χ0n) is 8.07. The molecule has 0 amide bonds. The molecule has 0 aliphatic carbocycles. The lowest BCUT2D eigenvalue weighted by atomic mass is 10.1. The number of nitrogens with two attached hydrogens (primary N) is 1. The fraction of sp³-hybridized carbons (Fsp3) is 0.182. The first-order valence-corrected chi connectivity index (χ1v) is 4.43. The molecule has 1 aromatic rings. The van der Waals surface area contributed by atoms with E-state index < -0.39 is 0 Å². The van der Waals surface area contributed by atoms with E-state index in [9.17, 15) is 4.79 Å². The molecule has 0 aliphatic heterocycles. The fourth-order valence-electron chi connectivity index (χ4n) is 1.06. The Labute approximate surface area is 83.2 Å². The van der Waals surface area contributed by atoms with E-state index in [2.05, 4.69) is 0 Å². The zero-order valence-corrected chi connectivity index (χ0v) is 8.07. The van der Waals surface area contributed by atoms with Crippen LogP contribution >= 0.6 is 0 Å². The standard InChI is InChI=1S/C11H13NO2/c1-2-14-11(13)10-5-3-9(4-6-10)7-8-12/h3-8H,2,12H2,1H3/b8-7+. The summed E-state index contributed by atoms with van der Waals surface area (Å²) >= 11 is 0. The topological polar surface area (TPSA) is 52.3 Å². The second-order valence-electron chi connectivity index (χ2n) is 2.70. The molecule has 0 bridgehead atoms. The Hall–Kier alpha value is -1.77. The van der Waals surface area contributed by atoms with Crippen LogP contribution in [0, 0.1) is 0 Å². The summed E-state index contributed by atoms with van der Waals surface area (Å²) in [5, 5.41) is 0. The van der Waals surface area contributed by atoms with Gasteiger partial charge in [-0.2, -0.15) is 0 Å². The lowest BCUT2D eigenvalue weighted by Crippen LogP contribution is -2.03. The first-order valence-electron chi connectivity index (χ1n) is 4.43. The van der Waals surface area contributed by atoms with E-state index in [1.807, 2.05) is 12.1 Å². The third-order valence-corrected chi connectivity index (χ3v) is 1.71. The van der Waals surface area contributed by atoms with Gasteiger partial charge in [0, 0.05) is 0 Å². The molecule has 14 heavy (non-hydrogen) atoms.